The Kier molecular flexibility index (Phi) is 4.11. The maximum atomic E-state index is 12.6. The van der Waals surface area contributed by atoms with Gasteiger partial charge in [0.25, 0.3) is 5.91 Å². The molecule has 1 heterocycles. The minimum atomic E-state index is -0.847. The molecule has 0 spiro atoms. The van der Waals surface area contributed by atoms with E-state index in [2.05, 4.69) is 0 Å². The summed E-state index contributed by atoms with van der Waals surface area (Å²) in [6.45, 7) is 5.39. The Morgan fingerprint density at radius 3 is 2.48 bits per heavy atom. The van der Waals surface area contributed by atoms with E-state index in [0.29, 0.717) is 5.56 Å². The van der Waals surface area contributed by atoms with Crippen LogP contribution in [-0.4, -0.2) is 35.3 Å². The van der Waals surface area contributed by atoms with Gasteiger partial charge in [-0.15, -0.1) is 0 Å². The van der Waals surface area contributed by atoms with Crippen molar-refractivity contribution >= 4 is 17.8 Å². The highest BCUT2D eigenvalue weighted by Crippen LogP contribution is 2.36. The highest BCUT2D eigenvalue weighted by atomic mass is 16.5. The topological polar surface area (TPSA) is 63.7 Å². The van der Waals surface area contributed by atoms with Crippen LogP contribution in [0.4, 0.5) is 0 Å². The number of likely N-dealkylation sites (tertiary alicyclic amines) is 1. The van der Waals surface area contributed by atoms with Gasteiger partial charge < -0.3 is 4.74 Å². The SMILES string of the molecule is CCOC(=O)[C@@H]1CC(C)(C)C(=O)N1C(=O)c1ccccc1. The molecule has 2 amide bonds. The zero-order chi connectivity index (χ0) is 15.6. The van der Waals surface area contributed by atoms with E-state index in [9.17, 15) is 14.4 Å². The van der Waals surface area contributed by atoms with Crippen molar-refractivity contribution in [3.8, 4) is 0 Å². The number of ether oxygens (including phenoxy) is 1. The van der Waals surface area contributed by atoms with Crippen LogP contribution in [0.15, 0.2) is 30.3 Å². The first kappa shape index (κ1) is 15.2. The number of benzene rings is 1. The summed E-state index contributed by atoms with van der Waals surface area (Å²) in [7, 11) is 0. The molecule has 0 aromatic heterocycles. The standard InChI is InChI=1S/C16H19NO4/c1-4-21-14(19)12-10-16(2,3)15(20)17(12)13(18)11-8-6-5-7-9-11/h5-9,12H,4,10H2,1-3H3/t12-/m0/s1. The smallest absolute Gasteiger partial charge is 0.329 e. The molecule has 1 aromatic rings. The first-order chi connectivity index (χ1) is 9.88. The van der Waals surface area contributed by atoms with Gasteiger partial charge in [-0.05, 0) is 25.5 Å². The molecular weight excluding hydrogens is 270 g/mol. The molecule has 0 N–H and O–H groups in total. The van der Waals surface area contributed by atoms with Crippen LogP contribution in [0.5, 0.6) is 0 Å². The van der Waals surface area contributed by atoms with Crippen LogP contribution < -0.4 is 0 Å². The van der Waals surface area contributed by atoms with Crippen LogP contribution in [0.25, 0.3) is 0 Å². The van der Waals surface area contributed by atoms with Gasteiger partial charge in [0.2, 0.25) is 5.91 Å². The average molecular weight is 289 g/mol. The lowest BCUT2D eigenvalue weighted by atomic mass is 9.90. The van der Waals surface area contributed by atoms with Crippen molar-refractivity contribution in [1.29, 1.82) is 0 Å². The van der Waals surface area contributed by atoms with E-state index >= 15 is 0 Å². The van der Waals surface area contributed by atoms with E-state index < -0.39 is 23.3 Å². The van der Waals surface area contributed by atoms with Crippen molar-refractivity contribution in [3.05, 3.63) is 35.9 Å². The van der Waals surface area contributed by atoms with Crippen molar-refractivity contribution in [2.75, 3.05) is 6.61 Å². The second kappa shape index (κ2) is 5.68. The number of amides is 2. The summed E-state index contributed by atoms with van der Waals surface area (Å²) in [5.41, 5.74) is -0.361. The molecule has 0 radical (unpaired) electrons. The second-order valence-electron chi connectivity index (χ2n) is 5.70. The Bertz CT molecular complexity index is 565. The number of carbonyl (C=O) groups excluding carboxylic acids is 3. The van der Waals surface area contributed by atoms with E-state index in [0.717, 1.165) is 4.90 Å². The van der Waals surface area contributed by atoms with Crippen LogP contribution in [0.3, 0.4) is 0 Å². The molecule has 1 fully saturated rings. The zero-order valence-corrected chi connectivity index (χ0v) is 12.5. The maximum absolute atomic E-state index is 12.6. The van der Waals surface area contributed by atoms with Crippen LogP contribution in [0.2, 0.25) is 0 Å². The van der Waals surface area contributed by atoms with E-state index in [1.807, 2.05) is 0 Å². The first-order valence-corrected chi connectivity index (χ1v) is 6.98. The molecule has 1 saturated heterocycles. The normalized spacial score (nSPS) is 20.4. The van der Waals surface area contributed by atoms with Crippen LogP contribution in [0.1, 0.15) is 37.6 Å². The van der Waals surface area contributed by atoms with Crippen LogP contribution in [0, 0.1) is 5.41 Å². The van der Waals surface area contributed by atoms with Gasteiger partial charge in [-0.1, -0.05) is 32.0 Å². The van der Waals surface area contributed by atoms with Gasteiger partial charge in [0.05, 0.1) is 6.61 Å². The molecule has 1 aromatic carbocycles. The number of esters is 1. The number of nitrogens with zero attached hydrogens (tertiary/aromatic N) is 1. The summed E-state index contributed by atoms with van der Waals surface area (Å²) in [6.07, 6.45) is 0.281. The Morgan fingerprint density at radius 1 is 1.29 bits per heavy atom. The predicted octanol–water partition coefficient (Wildman–Crippen LogP) is 2.02. The van der Waals surface area contributed by atoms with E-state index in [1.165, 1.54) is 0 Å². The summed E-state index contributed by atoms with van der Waals surface area (Å²) < 4.78 is 5.00. The monoisotopic (exact) mass is 289 g/mol. The molecular formula is C16H19NO4. The maximum Gasteiger partial charge on any atom is 0.329 e. The number of rotatable bonds is 3. The summed E-state index contributed by atoms with van der Waals surface area (Å²) in [4.78, 5) is 38.1. The molecule has 112 valence electrons. The fraction of sp³-hybridized carbons (Fsp3) is 0.438. The average Bonchev–Trinajstić information content (AvgIpc) is 2.70. The molecule has 21 heavy (non-hydrogen) atoms. The van der Waals surface area contributed by atoms with Crippen LogP contribution in [-0.2, 0) is 14.3 Å². The molecule has 1 atom stereocenters. The number of carbonyl (C=O) groups is 3. The van der Waals surface area contributed by atoms with E-state index in [1.54, 1.807) is 51.1 Å². The third-order valence-electron chi connectivity index (χ3n) is 3.61. The van der Waals surface area contributed by atoms with Gasteiger partial charge in [0.15, 0.2) is 0 Å². The second-order valence-corrected chi connectivity index (χ2v) is 5.70. The third-order valence-corrected chi connectivity index (χ3v) is 3.61. The molecule has 5 nitrogen and oxygen atoms in total. The zero-order valence-electron chi connectivity index (χ0n) is 12.5. The van der Waals surface area contributed by atoms with Gasteiger partial charge >= 0.3 is 5.97 Å². The molecule has 2 rings (SSSR count). The molecule has 1 aliphatic heterocycles. The number of imide groups is 1. The van der Waals surface area contributed by atoms with E-state index in [-0.39, 0.29) is 18.9 Å². The highest BCUT2D eigenvalue weighted by molar-refractivity contribution is 6.10. The Balaban J connectivity index is 2.35. The fourth-order valence-electron chi connectivity index (χ4n) is 2.51. The third kappa shape index (κ3) is 2.82. The lowest BCUT2D eigenvalue weighted by Crippen LogP contribution is -2.44. The minimum Gasteiger partial charge on any atom is -0.464 e. The summed E-state index contributed by atoms with van der Waals surface area (Å²) in [6, 6.07) is 7.64. The molecule has 0 saturated carbocycles. The Hall–Kier alpha value is -2.17. The molecule has 0 aliphatic carbocycles. The van der Waals surface area contributed by atoms with Gasteiger partial charge in [-0.25, -0.2) is 4.79 Å². The molecule has 5 heteroatoms. The van der Waals surface area contributed by atoms with Gasteiger partial charge in [0.1, 0.15) is 6.04 Å². The Morgan fingerprint density at radius 2 is 1.90 bits per heavy atom. The largest absolute Gasteiger partial charge is 0.464 e. The van der Waals surface area contributed by atoms with E-state index in [4.69, 9.17) is 4.74 Å². The van der Waals surface area contributed by atoms with Crippen molar-refractivity contribution < 1.29 is 19.1 Å². The van der Waals surface area contributed by atoms with Crippen LogP contribution >= 0.6 is 0 Å². The highest BCUT2D eigenvalue weighted by Gasteiger charge is 2.51. The van der Waals surface area contributed by atoms with Crippen molar-refractivity contribution in [2.24, 2.45) is 5.41 Å². The number of hydrogen-bond donors (Lipinski definition) is 0. The summed E-state index contributed by atoms with van der Waals surface area (Å²) in [5, 5.41) is 0. The fourth-order valence-corrected chi connectivity index (χ4v) is 2.51. The summed E-state index contributed by atoms with van der Waals surface area (Å²) >= 11 is 0. The molecule has 0 bridgehead atoms. The number of hydrogen-bond acceptors (Lipinski definition) is 4. The molecule has 1 aliphatic rings. The summed E-state index contributed by atoms with van der Waals surface area (Å²) in [5.74, 6) is -1.32. The lowest BCUT2D eigenvalue weighted by molar-refractivity contribution is -0.150. The van der Waals surface area contributed by atoms with Gasteiger partial charge in [-0.3, -0.25) is 14.5 Å². The molecule has 0 unspecified atom stereocenters. The predicted molar refractivity (Wildman–Crippen MR) is 76.4 cm³/mol. The van der Waals surface area contributed by atoms with Crippen molar-refractivity contribution in [3.63, 3.8) is 0 Å². The minimum absolute atomic E-state index is 0.220. The van der Waals surface area contributed by atoms with Gasteiger partial charge in [-0.2, -0.15) is 0 Å². The Labute approximate surface area is 123 Å². The first-order valence-electron chi connectivity index (χ1n) is 6.98. The quantitative estimate of drug-likeness (QED) is 0.631. The van der Waals surface area contributed by atoms with Gasteiger partial charge in [0, 0.05) is 11.0 Å². The lowest BCUT2D eigenvalue weighted by Gasteiger charge is -2.21. The van der Waals surface area contributed by atoms with Crippen molar-refractivity contribution in [2.45, 2.75) is 33.2 Å². The van der Waals surface area contributed by atoms with Crippen molar-refractivity contribution in [1.82, 2.24) is 4.90 Å².